The van der Waals surface area contributed by atoms with E-state index in [1.807, 2.05) is 4.90 Å². The molecule has 1 amide bonds. The lowest BCUT2D eigenvalue weighted by Gasteiger charge is -2.31. The van der Waals surface area contributed by atoms with E-state index in [2.05, 4.69) is 10.2 Å². The molecule has 2 rings (SSSR count). The van der Waals surface area contributed by atoms with Crippen molar-refractivity contribution < 1.29 is 14.7 Å². The molecule has 2 heterocycles. The number of aromatic nitrogens is 2. The van der Waals surface area contributed by atoms with Gasteiger partial charge in [-0.3, -0.25) is 14.7 Å². The number of carboxylic acids is 1. The Morgan fingerprint density at radius 1 is 1.44 bits per heavy atom. The molecule has 1 aromatic rings. The van der Waals surface area contributed by atoms with E-state index in [0.29, 0.717) is 31.0 Å². The van der Waals surface area contributed by atoms with Gasteiger partial charge < -0.3 is 10.0 Å². The van der Waals surface area contributed by atoms with Crippen LogP contribution in [-0.4, -0.2) is 45.2 Å². The fourth-order valence-corrected chi connectivity index (χ4v) is 2.30. The van der Waals surface area contributed by atoms with Crippen LogP contribution < -0.4 is 0 Å². The molecule has 0 bridgehead atoms. The minimum Gasteiger partial charge on any atom is -0.481 e. The lowest BCUT2D eigenvalue weighted by molar-refractivity contribution is -0.137. The van der Waals surface area contributed by atoms with Crippen molar-refractivity contribution in [1.29, 1.82) is 0 Å². The zero-order chi connectivity index (χ0) is 13.0. The van der Waals surface area contributed by atoms with Gasteiger partial charge in [-0.25, -0.2) is 0 Å². The molecule has 0 atom stereocenters. The number of rotatable bonds is 4. The van der Waals surface area contributed by atoms with Crippen molar-refractivity contribution >= 4 is 11.9 Å². The molecular formula is C12H17N3O3. The highest BCUT2D eigenvalue weighted by molar-refractivity contribution is 5.93. The van der Waals surface area contributed by atoms with Crippen molar-refractivity contribution in [1.82, 2.24) is 15.1 Å². The molecule has 0 spiro atoms. The monoisotopic (exact) mass is 251 g/mol. The second-order valence-electron chi connectivity index (χ2n) is 4.65. The largest absolute Gasteiger partial charge is 0.481 e. The molecule has 0 unspecified atom stereocenters. The van der Waals surface area contributed by atoms with Gasteiger partial charge in [0.25, 0.3) is 5.91 Å². The maximum Gasteiger partial charge on any atom is 0.303 e. The van der Waals surface area contributed by atoms with Crippen LogP contribution >= 0.6 is 0 Å². The zero-order valence-electron chi connectivity index (χ0n) is 10.1. The Morgan fingerprint density at radius 2 is 2.17 bits per heavy atom. The number of hydrogen-bond donors (Lipinski definition) is 2. The first-order valence-corrected chi connectivity index (χ1v) is 6.16. The summed E-state index contributed by atoms with van der Waals surface area (Å²) in [4.78, 5) is 24.3. The SMILES string of the molecule is O=C(O)CCC1CCN(C(=O)c2cn[nH]c2)CC1. The molecule has 0 aromatic carbocycles. The summed E-state index contributed by atoms with van der Waals surface area (Å²) in [5, 5.41) is 15.0. The predicted octanol–water partition coefficient (Wildman–Crippen LogP) is 1.13. The molecule has 1 saturated heterocycles. The van der Waals surface area contributed by atoms with Crippen molar-refractivity contribution in [3.63, 3.8) is 0 Å². The zero-order valence-corrected chi connectivity index (χ0v) is 10.1. The third-order valence-corrected chi connectivity index (χ3v) is 3.41. The van der Waals surface area contributed by atoms with E-state index >= 15 is 0 Å². The Bertz CT molecular complexity index is 408. The Kier molecular flexibility index (Phi) is 3.96. The van der Waals surface area contributed by atoms with Crippen molar-refractivity contribution in [2.24, 2.45) is 5.92 Å². The summed E-state index contributed by atoms with van der Waals surface area (Å²) < 4.78 is 0. The second kappa shape index (κ2) is 5.66. The summed E-state index contributed by atoms with van der Waals surface area (Å²) in [7, 11) is 0. The number of carbonyl (C=O) groups excluding carboxylic acids is 1. The number of hydrogen-bond acceptors (Lipinski definition) is 3. The van der Waals surface area contributed by atoms with Gasteiger partial charge in [0.15, 0.2) is 0 Å². The van der Waals surface area contributed by atoms with E-state index in [1.54, 1.807) is 6.20 Å². The molecule has 1 aromatic heterocycles. The number of amides is 1. The first kappa shape index (κ1) is 12.6. The number of carbonyl (C=O) groups is 2. The molecule has 1 aliphatic rings. The van der Waals surface area contributed by atoms with E-state index in [4.69, 9.17) is 5.11 Å². The molecule has 98 valence electrons. The maximum absolute atomic E-state index is 12.0. The molecular weight excluding hydrogens is 234 g/mol. The third-order valence-electron chi connectivity index (χ3n) is 3.41. The number of H-pyrrole nitrogens is 1. The molecule has 0 radical (unpaired) electrons. The Balaban J connectivity index is 1.80. The first-order chi connectivity index (χ1) is 8.66. The van der Waals surface area contributed by atoms with Crippen molar-refractivity contribution in [2.45, 2.75) is 25.7 Å². The topological polar surface area (TPSA) is 86.3 Å². The number of aliphatic carboxylic acids is 1. The molecule has 1 aliphatic heterocycles. The van der Waals surface area contributed by atoms with Crippen LogP contribution in [0.25, 0.3) is 0 Å². The number of nitrogens with zero attached hydrogens (tertiary/aromatic N) is 2. The van der Waals surface area contributed by atoms with Crippen LogP contribution in [0.4, 0.5) is 0 Å². The second-order valence-corrected chi connectivity index (χ2v) is 4.65. The highest BCUT2D eigenvalue weighted by Gasteiger charge is 2.24. The average molecular weight is 251 g/mol. The van der Waals surface area contributed by atoms with E-state index in [9.17, 15) is 9.59 Å². The molecule has 1 fully saturated rings. The van der Waals surface area contributed by atoms with Crippen LogP contribution in [-0.2, 0) is 4.79 Å². The molecule has 18 heavy (non-hydrogen) atoms. The van der Waals surface area contributed by atoms with Gasteiger partial charge in [0.2, 0.25) is 0 Å². The Labute approximate surface area is 105 Å². The molecule has 6 heteroatoms. The van der Waals surface area contributed by atoms with Gasteiger partial charge in [-0.1, -0.05) is 0 Å². The average Bonchev–Trinajstić information content (AvgIpc) is 2.90. The Morgan fingerprint density at radius 3 is 2.72 bits per heavy atom. The summed E-state index contributed by atoms with van der Waals surface area (Å²) in [6.07, 6.45) is 5.83. The van der Waals surface area contributed by atoms with E-state index in [-0.39, 0.29) is 12.3 Å². The summed E-state index contributed by atoms with van der Waals surface area (Å²) in [5.41, 5.74) is 0.582. The van der Waals surface area contributed by atoms with Crippen molar-refractivity contribution in [2.75, 3.05) is 13.1 Å². The van der Waals surface area contributed by atoms with Gasteiger partial charge in [0.05, 0.1) is 11.8 Å². The molecule has 0 saturated carbocycles. The van der Waals surface area contributed by atoms with Crippen LogP contribution in [0.15, 0.2) is 12.4 Å². The number of likely N-dealkylation sites (tertiary alicyclic amines) is 1. The van der Waals surface area contributed by atoms with Gasteiger partial charge in [0, 0.05) is 25.7 Å². The highest BCUT2D eigenvalue weighted by atomic mass is 16.4. The summed E-state index contributed by atoms with van der Waals surface area (Å²) in [5.74, 6) is -0.318. The highest BCUT2D eigenvalue weighted by Crippen LogP contribution is 2.22. The summed E-state index contributed by atoms with van der Waals surface area (Å²) in [6.45, 7) is 1.41. The minimum atomic E-state index is -0.744. The van der Waals surface area contributed by atoms with Gasteiger partial charge in [0.1, 0.15) is 0 Å². The number of carboxylic acid groups (broad SMARTS) is 1. The molecule has 2 N–H and O–H groups in total. The van der Waals surface area contributed by atoms with Crippen LogP contribution in [0.3, 0.4) is 0 Å². The van der Waals surface area contributed by atoms with Crippen molar-refractivity contribution in [3.8, 4) is 0 Å². The van der Waals surface area contributed by atoms with Gasteiger partial charge in [-0.2, -0.15) is 5.10 Å². The van der Waals surface area contributed by atoms with Gasteiger partial charge in [-0.15, -0.1) is 0 Å². The molecule has 6 nitrogen and oxygen atoms in total. The predicted molar refractivity (Wildman–Crippen MR) is 64.1 cm³/mol. The summed E-state index contributed by atoms with van der Waals surface area (Å²) in [6, 6.07) is 0. The van der Waals surface area contributed by atoms with Crippen LogP contribution in [0.5, 0.6) is 0 Å². The Hall–Kier alpha value is -1.85. The lowest BCUT2D eigenvalue weighted by atomic mass is 9.92. The van der Waals surface area contributed by atoms with Crippen molar-refractivity contribution in [3.05, 3.63) is 18.0 Å². The standard InChI is InChI=1S/C12H17N3O3/c16-11(17)2-1-9-3-5-15(6-4-9)12(18)10-7-13-14-8-10/h7-9H,1-6H2,(H,13,14)(H,16,17). The van der Waals surface area contributed by atoms with Crippen LogP contribution in [0, 0.1) is 5.92 Å². The third kappa shape index (κ3) is 3.09. The fourth-order valence-electron chi connectivity index (χ4n) is 2.30. The van der Waals surface area contributed by atoms with Crippen LogP contribution in [0.2, 0.25) is 0 Å². The van der Waals surface area contributed by atoms with Gasteiger partial charge >= 0.3 is 5.97 Å². The minimum absolute atomic E-state index is 0.000402. The number of nitrogens with one attached hydrogen (secondary N) is 1. The maximum atomic E-state index is 12.0. The van der Waals surface area contributed by atoms with E-state index < -0.39 is 5.97 Å². The summed E-state index contributed by atoms with van der Waals surface area (Å²) >= 11 is 0. The molecule has 0 aliphatic carbocycles. The van der Waals surface area contributed by atoms with E-state index in [1.165, 1.54) is 6.20 Å². The smallest absolute Gasteiger partial charge is 0.303 e. The lowest BCUT2D eigenvalue weighted by Crippen LogP contribution is -2.38. The normalized spacial score (nSPS) is 16.8. The quantitative estimate of drug-likeness (QED) is 0.839. The fraction of sp³-hybridized carbons (Fsp3) is 0.583. The van der Waals surface area contributed by atoms with E-state index in [0.717, 1.165) is 12.8 Å². The first-order valence-electron chi connectivity index (χ1n) is 6.16. The van der Waals surface area contributed by atoms with Gasteiger partial charge in [-0.05, 0) is 25.2 Å². The number of aromatic amines is 1. The van der Waals surface area contributed by atoms with Crippen LogP contribution in [0.1, 0.15) is 36.0 Å². The number of piperidine rings is 1.